The van der Waals surface area contributed by atoms with Crippen molar-refractivity contribution < 1.29 is 13.9 Å². The average molecular weight is 313 g/mol. The van der Waals surface area contributed by atoms with Gasteiger partial charge in [0.1, 0.15) is 11.6 Å². The lowest BCUT2D eigenvalue weighted by atomic mass is 10.2. The number of imidazole rings is 1. The zero-order chi connectivity index (χ0) is 15.4. The predicted molar refractivity (Wildman–Crippen MR) is 79.8 cm³/mol. The number of nitrogens with zero attached hydrogens (tertiary/aromatic N) is 2. The average Bonchev–Trinajstić information content (AvgIpc) is 2.77. The van der Waals surface area contributed by atoms with Gasteiger partial charge in [-0.2, -0.15) is 0 Å². The van der Waals surface area contributed by atoms with Gasteiger partial charge in [0.05, 0.1) is 23.0 Å². The van der Waals surface area contributed by atoms with E-state index in [9.17, 15) is 9.18 Å². The van der Waals surface area contributed by atoms with Crippen LogP contribution >= 0.6 is 11.6 Å². The summed E-state index contributed by atoms with van der Waals surface area (Å²) >= 11 is 6.14. The fourth-order valence-electron chi connectivity index (χ4n) is 2.27. The molecule has 0 aliphatic carbocycles. The van der Waals surface area contributed by atoms with Crippen molar-refractivity contribution in [3.05, 3.63) is 29.8 Å². The molecule has 0 aliphatic rings. The lowest BCUT2D eigenvalue weighted by Crippen LogP contribution is -2.08. The minimum absolute atomic E-state index is 0.214. The lowest BCUT2D eigenvalue weighted by Gasteiger charge is -2.10. The number of rotatable bonds is 6. The number of ether oxygens (including phenoxy) is 1. The molecule has 0 saturated carbocycles. The van der Waals surface area contributed by atoms with E-state index in [2.05, 4.69) is 4.98 Å². The second-order valence-electron chi connectivity index (χ2n) is 4.78. The molecule has 0 aliphatic heterocycles. The van der Waals surface area contributed by atoms with Crippen LogP contribution < -0.4 is 0 Å². The molecule has 0 fully saturated rings. The molecule has 4 nitrogen and oxygen atoms in total. The van der Waals surface area contributed by atoms with Crippen LogP contribution in [0.5, 0.6) is 0 Å². The van der Waals surface area contributed by atoms with Crippen LogP contribution in [0, 0.1) is 5.82 Å². The van der Waals surface area contributed by atoms with Crippen molar-refractivity contribution in [1.82, 2.24) is 9.55 Å². The first-order valence-electron chi connectivity index (χ1n) is 6.98. The van der Waals surface area contributed by atoms with E-state index in [1.165, 1.54) is 12.1 Å². The van der Waals surface area contributed by atoms with Crippen molar-refractivity contribution in [1.29, 1.82) is 0 Å². The summed E-state index contributed by atoms with van der Waals surface area (Å²) in [5, 5.41) is -0.289. The number of alkyl halides is 1. The van der Waals surface area contributed by atoms with Gasteiger partial charge in [-0.3, -0.25) is 4.79 Å². The molecular formula is C15H18ClFN2O2. The van der Waals surface area contributed by atoms with Crippen LogP contribution in [0.1, 0.15) is 37.9 Å². The first-order valence-corrected chi connectivity index (χ1v) is 7.42. The highest BCUT2D eigenvalue weighted by molar-refractivity contribution is 6.20. The monoisotopic (exact) mass is 312 g/mol. The van der Waals surface area contributed by atoms with E-state index in [1.807, 2.05) is 11.5 Å². The van der Waals surface area contributed by atoms with Crippen LogP contribution in [0.3, 0.4) is 0 Å². The number of benzene rings is 1. The summed E-state index contributed by atoms with van der Waals surface area (Å²) in [6.45, 7) is 4.58. The summed E-state index contributed by atoms with van der Waals surface area (Å²) in [4.78, 5) is 15.8. The summed E-state index contributed by atoms with van der Waals surface area (Å²) in [6, 6.07) is 4.47. The van der Waals surface area contributed by atoms with E-state index in [4.69, 9.17) is 16.3 Å². The van der Waals surface area contributed by atoms with Crippen LogP contribution in [-0.4, -0.2) is 22.1 Å². The minimum Gasteiger partial charge on any atom is -0.466 e. The summed E-state index contributed by atoms with van der Waals surface area (Å²) < 4.78 is 20.1. The normalized spacial score (nSPS) is 12.6. The van der Waals surface area contributed by atoms with Gasteiger partial charge in [0.15, 0.2) is 0 Å². The van der Waals surface area contributed by atoms with Gasteiger partial charge in [-0.25, -0.2) is 9.37 Å². The number of halogens is 2. The van der Waals surface area contributed by atoms with Gasteiger partial charge in [0.2, 0.25) is 0 Å². The van der Waals surface area contributed by atoms with Crippen molar-refractivity contribution in [3.63, 3.8) is 0 Å². The van der Waals surface area contributed by atoms with Crippen LogP contribution in [0.4, 0.5) is 4.39 Å². The maximum absolute atomic E-state index is 13.3. The molecule has 1 atom stereocenters. The standard InChI is InChI=1S/C15H18ClFN2O2/c1-3-21-14(20)5-4-8-19-13-7-6-11(17)9-12(13)18-15(19)10(2)16/h6-7,9-10H,3-5,8H2,1-2H3. The molecule has 0 N–H and O–H groups in total. The topological polar surface area (TPSA) is 44.1 Å². The molecule has 2 aromatic rings. The van der Waals surface area contributed by atoms with E-state index in [0.29, 0.717) is 37.3 Å². The molecule has 1 unspecified atom stereocenters. The smallest absolute Gasteiger partial charge is 0.305 e. The Kier molecular flexibility index (Phi) is 5.17. The molecule has 0 amide bonds. The predicted octanol–water partition coefficient (Wildman–Crippen LogP) is 3.82. The number of aromatic nitrogens is 2. The maximum atomic E-state index is 13.3. The van der Waals surface area contributed by atoms with Crippen molar-refractivity contribution in [2.45, 2.75) is 38.6 Å². The van der Waals surface area contributed by atoms with E-state index in [0.717, 1.165) is 5.52 Å². The minimum atomic E-state index is -0.326. The number of hydrogen-bond donors (Lipinski definition) is 0. The summed E-state index contributed by atoms with van der Waals surface area (Å²) in [5.41, 5.74) is 1.40. The number of carbonyl (C=O) groups is 1. The van der Waals surface area contributed by atoms with Gasteiger partial charge < -0.3 is 9.30 Å². The number of fused-ring (bicyclic) bond motifs is 1. The molecule has 114 valence electrons. The first-order chi connectivity index (χ1) is 10.0. The zero-order valence-corrected chi connectivity index (χ0v) is 12.9. The summed E-state index contributed by atoms with van der Waals surface area (Å²) in [6.07, 6.45) is 0.961. The Labute approximate surface area is 127 Å². The van der Waals surface area contributed by atoms with Crippen molar-refractivity contribution in [2.24, 2.45) is 0 Å². The van der Waals surface area contributed by atoms with E-state index >= 15 is 0 Å². The third-order valence-electron chi connectivity index (χ3n) is 3.16. The Morgan fingerprint density at radius 2 is 2.29 bits per heavy atom. The van der Waals surface area contributed by atoms with E-state index in [-0.39, 0.29) is 17.2 Å². The fraction of sp³-hybridized carbons (Fsp3) is 0.467. The lowest BCUT2D eigenvalue weighted by molar-refractivity contribution is -0.143. The van der Waals surface area contributed by atoms with Gasteiger partial charge >= 0.3 is 5.97 Å². The highest BCUT2D eigenvalue weighted by atomic mass is 35.5. The van der Waals surface area contributed by atoms with Crippen molar-refractivity contribution in [3.8, 4) is 0 Å². The molecule has 1 aromatic carbocycles. The Balaban J connectivity index is 2.20. The first kappa shape index (κ1) is 15.8. The van der Waals surface area contributed by atoms with Crippen LogP contribution in [-0.2, 0) is 16.1 Å². The number of esters is 1. The second kappa shape index (κ2) is 6.89. The van der Waals surface area contributed by atoms with E-state index in [1.54, 1.807) is 13.0 Å². The Hall–Kier alpha value is -1.62. The molecule has 2 rings (SSSR count). The molecular weight excluding hydrogens is 295 g/mol. The van der Waals surface area contributed by atoms with Crippen LogP contribution in [0.25, 0.3) is 11.0 Å². The summed E-state index contributed by atoms with van der Waals surface area (Å²) in [5.74, 6) is 0.141. The summed E-state index contributed by atoms with van der Waals surface area (Å²) in [7, 11) is 0. The van der Waals surface area contributed by atoms with Crippen LogP contribution in [0.2, 0.25) is 0 Å². The number of aryl methyl sites for hydroxylation is 1. The fourth-order valence-corrected chi connectivity index (χ4v) is 2.44. The van der Waals surface area contributed by atoms with Gasteiger partial charge in [-0.05, 0) is 32.4 Å². The van der Waals surface area contributed by atoms with Crippen LogP contribution in [0.15, 0.2) is 18.2 Å². The largest absolute Gasteiger partial charge is 0.466 e. The third-order valence-corrected chi connectivity index (χ3v) is 3.36. The molecule has 21 heavy (non-hydrogen) atoms. The molecule has 1 heterocycles. The molecule has 0 spiro atoms. The van der Waals surface area contributed by atoms with Gasteiger partial charge in [0, 0.05) is 19.0 Å². The van der Waals surface area contributed by atoms with Crippen molar-refractivity contribution >= 4 is 28.6 Å². The zero-order valence-electron chi connectivity index (χ0n) is 12.1. The highest BCUT2D eigenvalue weighted by Crippen LogP contribution is 2.25. The highest BCUT2D eigenvalue weighted by Gasteiger charge is 2.15. The third kappa shape index (κ3) is 3.73. The molecule has 0 bridgehead atoms. The van der Waals surface area contributed by atoms with Gasteiger partial charge in [0.25, 0.3) is 0 Å². The van der Waals surface area contributed by atoms with Crippen molar-refractivity contribution in [2.75, 3.05) is 6.61 Å². The molecule has 6 heteroatoms. The Morgan fingerprint density at radius 1 is 1.52 bits per heavy atom. The number of hydrogen-bond acceptors (Lipinski definition) is 3. The number of carbonyl (C=O) groups excluding carboxylic acids is 1. The SMILES string of the molecule is CCOC(=O)CCCn1c(C(C)Cl)nc2cc(F)ccc21. The maximum Gasteiger partial charge on any atom is 0.305 e. The molecule has 0 radical (unpaired) electrons. The van der Waals surface area contributed by atoms with Gasteiger partial charge in [-0.15, -0.1) is 11.6 Å². The van der Waals surface area contributed by atoms with E-state index < -0.39 is 0 Å². The molecule has 1 aromatic heterocycles. The Bertz CT molecular complexity index is 640. The quantitative estimate of drug-likeness (QED) is 0.601. The second-order valence-corrected chi connectivity index (χ2v) is 5.43. The molecule has 0 saturated heterocycles. The van der Waals surface area contributed by atoms with Gasteiger partial charge in [-0.1, -0.05) is 0 Å². The Morgan fingerprint density at radius 3 is 2.95 bits per heavy atom.